The van der Waals surface area contributed by atoms with Gasteiger partial charge in [0.2, 0.25) is 0 Å². The summed E-state index contributed by atoms with van der Waals surface area (Å²) in [6.07, 6.45) is 1.65. The van der Waals surface area contributed by atoms with Crippen LogP contribution in [0.25, 0.3) is 0 Å². The zero-order valence-electron chi connectivity index (χ0n) is 12.2. The van der Waals surface area contributed by atoms with Crippen molar-refractivity contribution in [2.45, 2.75) is 51.9 Å². The maximum absolute atomic E-state index is 5.73. The first-order chi connectivity index (χ1) is 9.10. The van der Waals surface area contributed by atoms with E-state index in [4.69, 9.17) is 19.7 Å². The van der Waals surface area contributed by atoms with Gasteiger partial charge in [0.15, 0.2) is 5.82 Å². The normalized spacial score (nSPS) is 23.9. The fraction of sp³-hybridized carbons (Fsp3) is 0.846. The van der Waals surface area contributed by atoms with E-state index in [1.807, 2.05) is 6.92 Å². The molecule has 2 rings (SSSR count). The first kappa shape index (κ1) is 17.4. The molecule has 0 bridgehead atoms. The average Bonchev–Trinajstić information content (AvgIpc) is 3.03. The minimum absolute atomic E-state index is 0. The van der Waals surface area contributed by atoms with Crippen LogP contribution in [0.2, 0.25) is 0 Å². The maximum atomic E-state index is 5.73. The van der Waals surface area contributed by atoms with Crippen molar-refractivity contribution in [1.82, 2.24) is 10.1 Å². The highest BCUT2D eigenvalue weighted by atomic mass is 35.5. The summed E-state index contributed by atoms with van der Waals surface area (Å²) in [7, 11) is 0. The monoisotopic (exact) mass is 305 g/mol. The summed E-state index contributed by atoms with van der Waals surface area (Å²) in [4.78, 5) is 4.37. The van der Waals surface area contributed by atoms with Gasteiger partial charge in [0.25, 0.3) is 5.89 Å². The van der Waals surface area contributed by atoms with Gasteiger partial charge in [0.05, 0.1) is 6.10 Å². The van der Waals surface area contributed by atoms with Gasteiger partial charge < -0.3 is 19.7 Å². The molecule has 1 aromatic heterocycles. The number of rotatable bonds is 6. The van der Waals surface area contributed by atoms with E-state index in [1.165, 1.54) is 0 Å². The lowest BCUT2D eigenvalue weighted by atomic mass is 10.2. The molecule has 3 atom stereocenters. The van der Waals surface area contributed by atoms with Gasteiger partial charge in [-0.2, -0.15) is 4.98 Å². The third kappa shape index (κ3) is 4.41. The molecular weight excluding hydrogens is 282 g/mol. The standard InChI is InChI=1S/C13H23N3O3.ClH/c1-8(2)7-17-9(3)12-15-13(19-16-12)11-5-4-10(6-14)18-11;/h8-11H,4-7,14H2,1-3H3;1H. The van der Waals surface area contributed by atoms with Gasteiger partial charge in [-0.15, -0.1) is 12.4 Å². The average molecular weight is 306 g/mol. The van der Waals surface area contributed by atoms with E-state index in [2.05, 4.69) is 24.0 Å². The van der Waals surface area contributed by atoms with Crippen LogP contribution in [0, 0.1) is 5.92 Å². The van der Waals surface area contributed by atoms with E-state index in [9.17, 15) is 0 Å². The molecule has 116 valence electrons. The van der Waals surface area contributed by atoms with Crippen molar-refractivity contribution in [3.63, 3.8) is 0 Å². The van der Waals surface area contributed by atoms with Crippen LogP contribution in [0.1, 0.15) is 57.5 Å². The molecular formula is C13H24ClN3O3. The predicted octanol–water partition coefficient (Wildman–Crippen LogP) is 2.40. The van der Waals surface area contributed by atoms with Gasteiger partial charge in [-0.25, -0.2) is 0 Å². The van der Waals surface area contributed by atoms with Gasteiger partial charge in [-0.05, 0) is 25.7 Å². The van der Waals surface area contributed by atoms with E-state index in [-0.39, 0.29) is 30.7 Å². The Labute approximate surface area is 125 Å². The summed E-state index contributed by atoms with van der Waals surface area (Å²) in [5.74, 6) is 1.60. The molecule has 0 saturated carbocycles. The van der Waals surface area contributed by atoms with Gasteiger partial charge in [-0.3, -0.25) is 0 Å². The third-order valence-electron chi connectivity index (χ3n) is 3.15. The van der Waals surface area contributed by atoms with Crippen LogP contribution in [0.4, 0.5) is 0 Å². The predicted molar refractivity (Wildman–Crippen MR) is 76.7 cm³/mol. The number of hydrogen-bond donors (Lipinski definition) is 1. The lowest BCUT2D eigenvalue weighted by Gasteiger charge is -2.11. The molecule has 6 nitrogen and oxygen atoms in total. The highest BCUT2D eigenvalue weighted by molar-refractivity contribution is 5.85. The Morgan fingerprint density at radius 3 is 2.70 bits per heavy atom. The molecule has 0 aromatic carbocycles. The van der Waals surface area contributed by atoms with E-state index in [1.54, 1.807) is 0 Å². The van der Waals surface area contributed by atoms with Crippen molar-refractivity contribution in [3.05, 3.63) is 11.7 Å². The molecule has 1 fully saturated rings. The Bertz CT molecular complexity index is 400. The molecule has 1 aromatic rings. The topological polar surface area (TPSA) is 83.4 Å². The number of hydrogen-bond acceptors (Lipinski definition) is 6. The minimum atomic E-state index is -0.161. The molecule has 1 aliphatic heterocycles. The molecule has 7 heteroatoms. The Morgan fingerprint density at radius 2 is 2.10 bits per heavy atom. The minimum Gasteiger partial charge on any atom is -0.370 e. The van der Waals surface area contributed by atoms with Crippen molar-refractivity contribution >= 4 is 12.4 Å². The lowest BCUT2D eigenvalue weighted by molar-refractivity contribution is 0.0306. The molecule has 0 spiro atoms. The Morgan fingerprint density at radius 1 is 1.35 bits per heavy atom. The molecule has 0 aliphatic carbocycles. The molecule has 20 heavy (non-hydrogen) atoms. The van der Waals surface area contributed by atoms with Crippen LogP contribution >= 0.6 is 12.4 Å². The van der Waals surface area contributed by atoms with Crippen LogP contribution in [-0.4, -0.2) is 29.4 Å². The number of ether oxygens (including phenoxy) is 2. The van der Waals surface area contributed by atoms with Crippen molar-refractivity contribution in [2.24, 2.45) is 11.7 Å². The summed E-state index contributed by atoms with van der Waals surface area (Å²) in [6.45, 7) is 7.35. The van der Waals surface area contributed by atoms with Crippen molar-refractivity contribution in [2.75, 3.05) is 13.2 Å². The van der Waals surface area contributed by atoms with Crippen LogP contribution < -0.4 is 5.73 Å². The van der Waals surface area contributed by atoms with Crippen LogP contribution in [0.5, 0.6) is 0 Å². The fourth-order valence-corrected chi connectivity index (χ4v) is 2.02. The number of nitrogens with two attached hydrogens (primary N) is 1. The summed E-state index contributed by atoms with van der Waals surface area (Å²) in [5, 5.41) is 3.97. The molecule has 2 heterocycles. The highest BCUT2D eigenvalue weighted by Crippen LogP contribution is 2.31. The third-order valence-corrected chi connectivity index (χ3v) is 3.15. The van der Waals surface area contributed by atoms with Crippen LogP contribution in [0.15, 0.2) is 4.52 Å². The quantitative estimate of drug-likeness (QED) is 0.869. The second kappa shape index (κ2) is 7.93. The summed E-state index contributed by atoms with van der Waals surface area (Å²) >= 11 is 0. The molecule has 0 radical (unpaired) electrons. The van der Waals surface area contributed by atoms with Crippen molar-refractivity contribution < 1.29 is 14.0 Å². The zero-order chi connectivity index (χ0) is 13.8. The maximum Gasteiger partial charge on any atom is 0.255 e. The van der Waals surface area contributed by atoms with E-state index in [0.29, 0.717) is 30.8 Å². The van der Waals surface area contributed by atoms with Gasteiger partial charge >= 0.3 is 0 Å². The van der Waals surface area contributed by atoms with Crippen LogP contribution in [-0.2, 0) is 9.47 Å². The molecule has 3 unspecified atom stereocenters. The largest absolute Gasteiger partial charge is 0.370 e. The van der Waals surface area contributed by atoms with Gasteiger partial charge in [0.1, 0.15) is 12.2 Å². The van der Waals surface area contributed by atoms with Gasteiger partial charge in [0, 0.05) is 13.2 Å². The van der Waals surface area contributed by atoms with E-state index >= 15 is 0 Å². The first-order valence-electron chi connectivity index (χ1n) is 6.90. The number of halogens is 1. The summed E-state index contributed by atoms with van der Waals surface area (Å²) in [6, 6.07) is 0. The Balaban J connectivity index is 0.00000200. The van der Waals surface area contributed by atoms with Gasteiger partial charge in [-0.1, -0.05) is 19.0 Å². The SMILES string of the molecule is CC(C)COC(C)c1noc(C2CCC(CN)O2)n1.Cl. The summed E-state index contributed by atoms with van der Waals surface area (Å²) < 4.78 is 16.7. The summed E-state index contributed by atoms with van der Waals surface area (Å²) in [5.41, 5.74) is 5.58. The second-order valence-electron chi connectivity index (χ2n) is 5.42. The molecule has 2 N–H and O–H groups in total. The van der Waals surface area contributed by atoms with Crippen LogP contribution in [0.3, 0.4) is 0 Å². The fourth-order valence-electron chi connectivity index (χ4n) is 2.02. The van der Waals surface area contributed by atoms with Crippen molar-refractivity contribution in [1.29, 1.82) is 0 Å². The molecule has 1 aliphatic rings. The van der Waals surface area contributed by atoms with Crippen molar-refractivity contribution in [3.8, 4) is 0 Å². The lowest BCUT2D eigenvalue weighted by Crippen LogP contribution is -2.18. The smallest absolute Gasteiger partial charge is 0.255 e. The number of aromatic nitrogens is 2. The Hall–Kier alpha value is -0.690. The molecule has 1 saturated heterocycles. The van der Waals surface area contributed by atoms with E-state index < -0.39 is 0 Å². The Kier molecular flexibility index (Phi) is 6.88. The second-order valence-corrected chi connectivity index (χ2v) is 5.42. The first-order valence-corrected chi connectivity index (χ1v) is 6.90. The van der Waals surface area contributed by atoms with E-state index in [0.717, 1.165) is 12.8 Å². The molecule has 0 amide bonds. The number of nitrogens with zero attached hydrogens (tertiary/aromatic N) is 2. The zero-order valence-corrected chi connectivity index (χ0v) is 13.1. The highest BCUT2D eigenvalue weighted by Gasteiger charge is 2.30.